The maximum Gasteiger partial charge on any atom is 0.178 e. The molecule has 2 aromatic heterocycles. The first kappa shape index (κ1) is 13.2. The number of rotatable bonds is 2. The van der Waals surface area contributed by atoms with Crippen LogP contribution in [0.2, 0.25) is 0 Å². The van der Waals surface area contributed by atoms with Crippen molar-refractivity contribution in [2.45, 2.75) is 39.7 Å². The van der Waals surface area contributed by atoms with Gasteiger partial charge in [-0.2, -0.15) is 0 Å². The molecule has 1 aliphatic heterocycles. The van der Waals surface area contributed by atoms with Crippen LogP contribution in [0.4, 0.5) is 0 Å². The molecule has 4 nitrogen and oxygen atoms in total. The summed E-state index contributed by atoms with van der Waals surface area (Å²) in [4.78, 5) is 14.0. The number of hydrogen-bond acceptors (Lipinski definition) is 4. The highest BCUT2D eigenvalue weighted by Gasteiger charge is 2.20. The Hall–Kier alpha value is -1.81. The summed E-state index contributed by atoms with van der Waals surface area (Å²) in [5, 5.41) is 3.41. The molecule has 104 valence electrons. The summed E-state index contributed by atoms with van der Waals surface area (Å²) < 4.78 is 0. The van der Waals surface area contributed by atoms with Crippen molar-refractivity contribution < 1.29 is 0 Å². The molecule has 0 saturated carbocycles. The lowest BCUT2D eigenvalue weighted by Crippen LogP contribution is -2.27. The first-order valence-electron chi connectivity index (χ1n) is 7.18. The Kier molecular flexibility index (Phi) is 3.49. The SMILES string of the molecule is Cc1ccnc(-c2nc3c(c(C(C)C)n2)CNCC3)c1. The van der Waals surface area contributed by atoms with E-state index >= 15 is 0 Å². The molecular weight excluding hydrogens is 248 g/mol. The van der Waals surface area contributed by atoms with Crippen LogP contribution in [0.25, 0.3) is 11.5 Å². The molecule has 0 fully saturated rings. The van der Waals surface area contributed by atoms with Gasteiger partial charge < -0.3 is 5.32 Å². The van der Waals surface area contributed by atoms with Crippen molar-refractivity contribution in [1.29, 1.82) is 0 Å². The molecule has 0 aromatic carbocycles. The van der Waals surface area contributed by atoms with Crippen LogP contribution in [-0.4, -0.2) is 21.5 Å². The predicted molar refractivity (Wildman–Crippen MR) is 79.5 cm³/mol. The molecule has 1 N–H and O–H groups in total. The smallest absolute Gasteiger partial charge is 0.178 e. The summed E-state index contributed by atoms with van der Waals surface area (Å²) in [5.74, 6) is 1.16. The van der Waals surface area contributed by atoms with Gasteiger partial charge in [-0.1, -0.05) is 13.8 Å². The van der Waals surface area contributed by atoms with E-state index in [9.17, 15) is 0 Å². The van der Waals surface area contributed by atoms with Crippen LogP contribution >= 0.6 is 0 Å². The monoisotopic (exact) mass is 268 g/mol. The summed E-state index contributed by atoms with van der Waals surface area (Å²) in [6, 6.07) is 4.04. The fraction of sp³-hybridized carbons (Fsp3) is 0.438. The highest BCUT2D eigenvalue weighted by molar-refractivity contribution is 5.52. The Balaban J connectivity index is 2.15. The van der Waals surface area contributed by atoms with Crippen molar-refractivity contribution in [2.24, 2.45) is 0 Å². The lowest BCUT2D eigenvalue weighted by Gasteiger charge is -2.21. The van der Waals surface area contributed by atoms with E-state index in [-0.39, 0.29) is 0 Å². The van der Waals surface area contributed by atoms with E-state index in [1.54, 1.807) is 0 Å². The van der Waals surface area contributed by atoms with Gasteiger partial charge in [0.1, 0.15) is 5.69 Å². The summed E-state index contributed by atoms with van der Waals surface area (Å²) in [5.41, 5.74) is 5.67. The van der Waals surface area contributed by atoms with Crippen LogP contribution in [-0.2, 0) is 13.0 Å². The van der Waals surface area contributed by atoms with E-state index in [1.165, 1.54) is 16.8 Å². The minimum atomic E-state index is 0.398. The Morgan fingerprint density at radius 3 is 2.85 bits per heavy atom. The molecule has 0 saturated heterocycles. The number of pyridine rings is 1. The van der Waals surface area contributed by atoms with Crippen LogP contribution in [0, 0.1) is 6.92 Å². The minimum Gasteiger partial charge on any atom is -0.312 e. The van der Waals surface area contributed by atoms with Gasteiger partial charge in [-0.05, 0) is 30.5 Å². The number of nitrogens with one attached hydrogen (secondary N) is 1. The highest BCUT2D eigenvalue weighted by Crippen LogP contribution is 2.25. The molecule has 0 amide bonds. The number of aromatic nitrogens is 3. The molecular formula is C16H20N4. The van der Waals surface area contributed by atoms with Gasteiger partial charge in [-0.15, -0.1) is 0 Å². The number of hydrogen-bond donors (Lipinski definition) is 1. The fourth-order valence-corrected chi connectivity index (χ4v) is 2.62. The maximum atomic E-state index is 4.78. The van der Waals surface area contributed by atoms with E-state index in [4.69, 9.17) is 9.97 Å². The summed E-state index contributed by atoms with van der Waals surface area (Å²) in [6.45, 7) is 8.30. The van der Waals surface area contributed by atoms with Gasteiger partial charge in [-0.25, -0.2) is 9.97 Å². The van der Waals surface area contributed by atoms with Crippen molar-refractivity contribution in [3.63, 3.8) is 0 Å². The van der Waals surface area contributed by atoms with Gasteiger partial charge >= 0.3 is 0 Å². The van der Waals surface area contributed by atoms with Crippen molar-refractivity contribution in [1.82, 2.24) is 20.3 Å². The Morgan fingerprint density at radius 2 is 2.10 bits per heavy atom. The summed E-state index contributed by atoms with van der Waals surface area (Å²) in [7, 11) is 0. The number of fused-ring (bicyclic) bond motifs is 1. The van der Waals surface area contributed by atoms with E-state index in [0.717, 1.165) is 36.7 Å². The molecule has 20 heavy (non-hydrogen) atoms. The zero-order valence-electron chi connectivity index (χ0n) is 12.3. The molecule has 0 atom stereocenters. The van der Waals surface area contributed by atoms with E-state index < -0.39 is 0 Å². The zero-order valence-corrected chi connectivity index (χ0v) is 12.3. The molecule has 3 heterocycles. The molecule has 3 rings (SSSR count). The van der Waals surface area contributed by atoms with Gasteiger partial charge in [0.2, 0.25) is 0 Å². The number of aryl methyl sites for hydroxylation is 1. The third kappa shape index (κ3) is 2.43. The molecule has 0 unspecified atom stereocenters. The quantitative estimate of drug-likeness (QED) is 0.909. The first-order chi connectivity index (χ1) is 9.65. The van der Waals surface area contributed by atoms with Gasteiger partial charge in [0.25, 0.3) is 0 Å². The lowest BCUT2D eigenvalue weighted by molar-refractivity contribution is 0.609. The molecule has 2 aromatic rings. The van der Waals surface area contributed by atoms with Gasteiger partial charge in [-0.3, -0.25) is 4.98 Å². The van der Waals surface area contributed by atoms with Crippen molar-refractivity contribution in [2.75, 3.05) is 6.54 Å². The summed E-state index contributed by atoms with van der Waals surface area (Å²) in [6.07, 6.45) is 2.79. The van der Waals surface area contributed by atoms with E-state index in [0.29, 0.717) is 5.92 Å². The lowest BCUT2D eigenvalue weighted by atomic mass is 9.98. The van der Waals surface area contributed by atoms with Crippen LogP contribution in [0.15, 0.2) is 18.3 Å². The normalized spacial score (nSPS) is 14.4. The molecule has 4 heteroatoms. The second kappa shape index (κ2) is 5.29. The molecule has 0 radical (unpaired) electrons. The Bertz CT molecular complexity index is 634. The van der Waals surface area contributed by atoms with Crippen LogP contribution in [0.1, 0.15) is 42.3 Å². The maximum absolute atomic E-state index is 4.78. The third-order valence-electron chi connectivity index (χ3n) is 3.66. The van der Waals surface area contributed by atoms with Crippen LogP contribution < -0.4 is 5.32 Å². The molecule has 1 aliphatic rings. The van der Waals surface area contributed by atoms with E-state index in [2.05, 4.69) is 31.1 Å². The Labute approximate surface area is 119 Å². The van der Waals surface area contributed by atoms with Crippen LogP contribution in [0.5, 0.6) is 0 Å². The molecule has 0 spiro atoms. The predicted octanol–water partition coefficient (Wildman–Crippen LogP) is 2.62. The third-order valence-corrected chi connectivity index (χ3v) is 3.66. The molecule has 0 bridgehead atoms. The first-order valence-corrected chi connectivity index (χ1v) is 7.18. The fourth-order valence-electron chi connectivity index (χ4n) is 2.62. The van der Waals surface area contributed by atoms with Crippen molar-refractivity contribution >= 4 is 0 Å². The second-order valence-corrected chi connectivity index (χ2v) is 5.66. The Morgan fingerprint density at radius 1 is 1.25 bits per heavy atom. The van der Waals surface area contributed by atoms with Crippen molar-refractivity contribution in [3.05, 3.63) is 40.8 Å². The zero-order chi connectivity index (χ0) is 14.1. The molecule has 0 aliphatic carbocycles. The number of nitrogens with zero attached hydrogens (tertiary/aromatic N) is 3. The summed E-state index contributed by atoms with van der Waals surface area (Å²) >= 11 is 0. The van der Waals surface area contributed by atoms with Crippen molar-refractivity contribution in [3.8, 4) is 11.5 Å². The second-order valence-electron chi connectivity index (χ2n) is 5.66. The minimum absolute atomic E-state index is 0.398. The standard InChI is InChI=1S/C16H20N4/c1-10(2)15-12-9-17-6-5-13(12)19-16(20-15)14-8-11(3)4-7-18-14/h4,7-8,10,17H,5-6,9H2,1-3H3. The van der Waals surface area contributed by atoms with E-state index in [1.807, 2.05) is 18.3 Å². The highest BCUT2D eigenvalue weighted by atomic mass is 15.0. The largest absolute Gasteiger partial charge is 0.312 e. The topological polar surface area (TPSA) is 50.7 Å². The average molecular weight is 268 g/mol. The average Bonchev–Trinajstić information content (AvgIpc) is 2.46. The van der Waals surface area contributed by atoms with Gasteiger partial charge in [0.15, 0.2) is 5.82 Å². The van der Waals surface area contributed by atoms with Crippen LogP contribution in [0.3, 0.4) is 0 Å². The van der Waals surface area contributed by atoms with Gasteiger partial charge in [0.05, 0.1) is 11.4 Å². The van der Waals surface area contributed by atoms with Gasteiger partial charge in [0, 0.05) is 31.3 Å².